The molecule has 3 heteroatoms. The number of carbonyl (C=O) groups is 1. The molecule has 0 spiro atoms. The van der Waals surface area contributed by atoms with E-state index < -0.39 is 0 Å². The first-order valence-corrected chi connectivity index (χ1v) is 6.42. The van der Waals surface area contributed by atoms with Gasteiger partial charge < -0.3 is 4.90 Å². The first-order valence-electron chi connectivity index (χ1n) is 6.42. The molecule has 1 saturated heterocycles. The van der Waals surface area contributed by atoms with E-state index in [-0.39, 0.29) is 11.8 Å². The molecule has 1 aromatic carbocycles. The van der Waals surface area contributed by atoms with Crippen molar-refractivity contribution >= 4 is 11.5 Å². The molecule has 1 unspecified atom stereocenters. The molecule has 1 atom stereocenters. The number of rotatable bonds is 2. The first kappa shape index (κ1) is 12.6. The normalized spacial score (nSPS) is 19.4. The van der Waals surface area contributed by atoms with Crippen molar-refractivity contribution in [3.63, 3.8) is 0 Å². The van der Waals surface area contributed by atoms with Crippen LogP contribution in [0.4, 0.5) is 5.69 Å². The van der Waals surface area contributed by atoms with Crippen molar-refractivity contribution in [3.8, 4) is 6.07 Å². The zero-order chi connectivity index (χ0) is 13.1. The number of Topliss-reactive ketones (excluding diaryl/α,β-unsaturated/α-hetero) is 1. The third kappa shape index (κ3) is 2.24. The van der Waals surface area contributed by atoms with Gasteiger partial charge in [-0.2, -0.15) is 5.26 Å². The maximum Gasteiger partial charge on any atom is 0.152 e. The Hall–Kier alpha value is -1.82. The Balaban J connectivity index is 2.46. The minimum atomic E-state index is -0.0630. The fourth-order valence-electron chi connectivity index (χ4n) is 2.75. The first-order chi connectivity index (χ1) is 8.65. The number of piperidine rings is 1. The van der Waals surface area contributed by atoms with Gasteiger partial charge in [-0.25, -0.2) is 0 Å². The number of hydrogen-bond donors (Lipinski definition) is 0. The summed E-state index contributed by atoms with van der Waals surface area (Å²) in [6.07, 6.45) is 3.08. The fourth-order valence-corrected chi connectivity index (χ4v) is 2.75. The standard InChI is InChI=1S/C15H18N2O/c1-11-6-5-7-13(10-16)15(11)17-9-4-3-8-14(17)12(2)18/h5-7,14H,3-4,8-9H2,1-2H3. The van der Waals surface area contributed by atoms with Crippen molar-refractivity contribution in [1.82, 2.24) is 0 Å². The van der Waals surface area contributed by atoms with Gasteiger partial charge >= 0.3 is 0 Å². The molecule has 1 fully saturated rings. The Bertz CT molecular complexity index is 502. The van der Waals surface area contributed by atoms with Crippen LogP contribution >= 0.6 is 0 Å². The maximum absolute atomic E-state index is 11.8. The van der Waals surface area contributed by atoms with E-state index in [2.05, 4.69) is 11.0 Å². The summed E-state index contributed by atoms with van der Waals surface area (Å²) in [7, 11) is 0. The lowest BCUT2D eigenvalue weighted by atomic mass is 9.96. The molecule has 0 amide bonds. The molecule has 0 N–H and O–H groups in total. The summed E-state index contributed by atoms with van der Waals surface area (Å²) in [6, 6.07) is 7.90. The van der Waals surface area contributed by atoms with Gasteiger partial charge in [-0.3, -0.25) is 4.79 Å². The number of nitrogens with zero attached hydrogens (tertiary/aromatic N) is 2. The number of benzene rings is 1. The van der Waals surface area contributed by atoms with E-state index in [0.717, 1.165) is 37.1 Å². The lowest BCUT2D eigenvalue weighted by Gasteiger charge is -2.37. The van der Waals surface area contributed by atoms with E-state index in [1.165, 1.54) is 0 Å². The summed E-state index contributed by atoms with van der Waals surface area (Å²) in [5.41, 5.74) is 2.69. The second-order valence-corrected chi connectivity index (χ2v) is 4.90. The van der Waals surface area contributed by atoms with E-state index in [4.69, 9.17) is 0 Å². The van der Waals surface area contributed by atoms with Gasteiger partial charge in [0.05, 0.1) is 17.3 Å². The molecule has 0 aromatic heterocycles. The van der Waals surface area contributed by atoms with Gasteiger partial charge in [0.15, 0.2) is 5.78 Å². The zero-order valence-corrected chi connectivity index (χ0v) is 10.9. The highest BCUT2D eigenvalue weighted by atomic mass is 16.1. The van der Waals surface area contributed by atoms with Crippen LogP contribution in [0.15, 0.2) is 18.2 Å². The SMILES string of the molecule is CC(=O)C1CCCCN1c1c(C)cccc1C#N. The van der Waals surface area contributed by atoms with Crippen LogP contribution in [0.5, 0.6) is 0 Å². The second-order valence-electron chi connectivity index (χ2n) is 4.90. The van der Waals surface area contributed by atoms with E-state index in [1.807, 2.05) is 25.1 Å². The van der Waals surface area contributed by atoms with Crippen molar-refractivity contribution < 1.29 is 4.79 Å². The van der Waals surface area contributed by atoms with E-state index in [9.17, 15) is 10.1 Å². The van der Waals surface area contributed by atoms with Crippen molar-refractivity contribution in [2.75, 3.05) is 11.4 Å². The Labute approximate surface area is 108 Å². The number of anilines is 1. The number of carbonyl (C=O) groups excluding carboxylic acids is 1. The molecular formula is C15H18N2O. The van der Waals surface area contributed by atoms with Gasteiger partial charge in [-0.15, -0.1) is 0 Å². The Morgan fingerprint density at radius 2 is 2.22 bits per heavy atom. The lowest BCUT2D eigenvalue weighted by Crippen LogP contribution is -2.44. The second kappa shape index (κ2) is 5.22. The van der Waals surface area contributed by atoms with Crippen LogP contribution in [-0.4, -0.2) is 18.4 Å². The van der Waals surface area contributed by atoms with E-state index in [0.29, 0.717) is 5.56 Å². The van der Waals surface area contributed by atoms with Crippen molar-refractivity contribution in [1.29, 1.82) is 5.26 Å². The number of aryl methyl sites for hydroxylation is 1. The van der Waals surface area contributed by atoms with Crippen LogP contribution in [0.3, 0.4) is 0 Å². The molecule has 0 radical (unpaired) electrons. The molecule has 1 aliphatic rings. The van der Waals surface area contributed by atoms with Gasteiger partial charge in [0, 0.05) is 6.54 Å². The molecule has 0 aliphatic carbocycles. The monoisotopic (exact) mass is 242 g/mol. The number of para-hydroxylation sites is 1. The Morgan fingerprint density at radius 1 is 1.44 bits per heavy atom. The largest absolute Gasteiger partial charge is 0.360 e. The maximum atomic E-state index is 11.8. The highest BCUT2D eigenvalue weighted by Gasteiger charge is 2.28. The molecule has 1 heterocycles. The Morgan fingerprint density at radius 3 is 2.89 bits per heavy atom. The minimum absolute atomic E-state index is 0.0630. The van der Waals surface area contributed by atoms with Gasteiger partial charge in [0.2, 0.25) is 0 Å². The van der Waals surface area contributed by atoms with Gasteiger partial charge in [-0.05, 0) is 44.7 Å². The Kier molecular flexibility index (Phi) is 3.66. The van der Waals surface area contributed by atoms with Crippen molar-refractivity contribution in [2.45, 2.75) is 39.2 Å². The predicted octanol–water partition coefficient (Wildman–Crippen LogP) is 2.81. The fraction of sp³-hybridized carbons (Fsp3) is 0.467. The predicted molar refractivity (Wildman–Crippen MR) is 71.6 cm³/mol. The van der Waals surface area contributed by atoms with Crippen LogP contribution in [-0.2, 0) is 4.79 Å². The topological polar surface area (TPSA) is 44.1 Å². The van der Waals surface area contributed by atoms with Crippen molar-refractivity contribution in [2.24, 2.45) is 0 Å². The molecular weight excluding hydrogens is 224 g/mol. The third-order valence-corrected chi connectivity index (χ3v) is 3.62. The number of hydrogen-bond acceptors (Lipinski definition) is 3. The quantitative estimate of drug-likeness (QED) is 0.801. The highest BCUT2D eigenvalue weighted by Crippen LogP contribution is 2.31. The molecule has 94 valence electrons. The number of ketones is 1. The van der Waals surface area contributed by atoms with Crippen LogP contribution in [0.2, 0.25) is 0 Å². The van der Waals surface area contributed by atoms with Gasteiger partial charge in [0.25, 0.3) is 0 Å². The summed E-state index contributed by atoms with van der Waals surface area (Å²) >= 11 is 0. The molecule has 1 aromatic rings. The summed E-state index contributed by atoms with van der Waals surface area (Å²) in [5, 5.41) is 9.24. The molecule has 3 nitrogen and oxygen atoms in total. The van der Waals surface area contributed by atoms with Crippen LogP contribution in [0.1, 0.15) is 37.3 Å². The third-order valence-electron chi connectivity index (χ3n) is 3.62. The molecule has 2 rings (SSSR count). The van der Waals surface area contributed by atoms with Crippen LogP contribution in [0, 0.1) is 18.3 Å². The van der Waals surface area contributed by atoms with Crippen LogP contribution < -0.4 is 4.90 Å². The van der Waals surface area contributed by atoms with Gasteiger partial charge in [0.1, 0.15) is 6.07 Å². The summed E-state index contributed by atoms with van der Waals surface area (Å²) in [4.78, 5) is 13.9. The van der Waals surface area contributed by atoms with Crippen LogP contribution in [0.25, 0.3) is 0 Å². The molecule has 0 saturated carbocycles. The average Bonchev–Trinajstić information content (AvgIpc) is 2.38. The van der Waals surface area contributed by atoms with E-state index in [1.54, 1.807) is 6.92 Å². The van der Waals surface area contributed by atoms with Crippen molar-refractivity contribution in [3.05, 3.63) is 29.3 Å². The molecule has 0 bridgehead atoms. The van der Waals surface area contributed by atoms with Gasteiger partial charge in [-0.1, -0.05) is 12.1 Å². The lowest BCUT2D eigenvalue weighted by molar-refractivity contribution is -0.118. The van der Waals surface area contributed by atoms with E-state index >= 15 is 0 Å². The molecule has 1 aliphatic heterocycles. The number of nitriles is 1. The molecule has 18 heavy (non-hydrogen) atoms. The zero-order valence-electron chi connectivity index (χ0n) is 10.9. The average molecular weight is 242 g/mol. The highest BCUT2D eigenvalue weighted by molar-refractivity contribution is 5.86. The summed E-state index contributed by atoms with van der Waals surface area (Å²) in [5.74, 6) is 0.196. The summed E-state index contributed by atoms with van der Waals surface area (Å²) in [6.45, 7) is 4.51. The minimum Gasteiger partial charge on any atom is -0.360 e. The smallest absolute Gasteiger partial charge is 0.152 e. The summed E-state index contributed by atoms with van der Waals surface area (Å²) < 4.78 is 0.